The van der Waals surface area contributed by atoms with Crippen LogP contribution in [-0.2, 0) is 16.1 Å². The van der Waals surface area contributed by atoms with Crippen LogP contribution in [-0.4, -0.2) is 33.3 Å². The molecule has 0 saturated carbocycles. The Morgan fingerprint density at radius 2 is 2.10 bits per heavy atom. The zero-order valence-corrected chi connectivity index (χ0v) is 12.8. The molecule has 1 rings (SSSR count). The number of carbonyl (C=O) groups is 1. The fourth-order valence-corrected chi connectivity index (χ4v) is 1.90. The van der Waals surface area contributed by atoms with Crippen molar-refractivity contribution < 1.29 is 19.0 Å². The lowest BCUT2D eigenvalue weighted by atomic mass is 10.2. The molecule has 5 nitrogen and oxygen atoms in total. The SMILES string of the molecule is CCCNCc1cc(Cl)c(OCC(=O)OC)c(OC)c1. The zero-order valence-electron chi connectivity index (χ0n) is 12.0. The van der Waals surface area contributed by atoms with Gasteiger partial charge in [0.05, 0.1) is 19.2 Å². The Morgan fingerprint density at radius 1 is 1.35 bits per heavy atom. The molecular formula is C14H20ClNO4. The molecule has 1 aromatic rings. The molecule has 0 bridgehead atoms. The number of ether oxygens (including phenoxy) is 3. The van der Waals surface area contributed by atoms with Crippen LogP contribution in [0.2, 0.25) is 5.02 Å². The van der Waals surface area contributed by atoms with Crippen molar-refractivity contribution in [3.05, 3.63) is 22.7 Å². The van der Waals surface area contributed by atoms with Crippen LogP contribution in [0.5, 0.6) is 11.5 Å². The Kier molecular flexibility index (Phi) is 7.18. The van der Waals surface area contributed by atoms with Crippen LogP contribution >= 0.6 is 11.6 Å². The molecule has 6 heteroatoms. The van der Waals surface area contributed by atoms with Crippen molar-refractivity contribution in [3.63, 3.8) is 0 Å². The molecule has 0 aliphatic heterocycles. The van der Waals surface area contributed by atoms with E-state index in [1.807, 2.05) is 6.07 Å². The number of rotatable bonds is 8. The Balaban J connectivity index is 2.81. The van der Waals surface area contributed by atoms with Crippen LogP contribution in [0.4, 0.5) is 0 Å². The van der Waals surface area contributed by atoms with E-state index in [9.17, 15) is 4.79 Å². The Hall–Kier alpha value is -1.46. The Morgan fingerprint density at radius 3 is 2.70 bits per heavy atom. The summed E-state index contributed by atoms with van der Waals surface area (Å²) in [5, 5.41) is 3.68. The fourth-order valence-electron chi connectivity index (χ4n) is 1.61. The van der Waals surface area contributed by atoms with Gasteiger partial charge in [-0.1, -0.05) is 18.5 Å². The summed E-state index contributed by atoms with van der Waals surface area (Å²) >= 11 is 6.17. The van der Waals surface area contributed by atoms with Gasteiger partial charge >= 0.3 is 5.97 Å². The summed E-state index contributed by atoms with van der Waals surface area (Å²) in [5.74, 6) is 0.366. The summed E-state index contributed by atoms with van der Waals surface area (Å²) in [6.07, 6.45) is 1.06. The molecular weight excluding hydrogens is 282 g/mol. The number of hydrogen-bond donors (Lipinski definition) is 1. The van der Waals surface area contributed by atoms with E-state index >= 15 is 0 Å². The average molecular weight is 302 g/mol. The van der Waals surface area contributed by atoms with Crippen molar-refractivity contribution in [2.24, 2.45) is 0 Å². The van der Waals surface area contributed by atoms with Gasteiger partial charge in [0.15, 0.2) is 18.1 Å². The van der Waals surface area contributed by atoms with Crippen molar-refractivity contribution >= 4 is 17.6 Å². The van der Waals surface area contributed by atoms with Crippen LogP contribution in [0.1, 0.15) is 18.9 Å². The van der Waals surface area contributed by atoms with Gasteiger partial charge in [-0.3, -0.25) is 0 Å². The van der Waals surface area contributed by atoms with Gasteiger partial charge in [-0.05, 0) is 30.7 Å². The number of hydrogen-bond acceptors (Lipinski definition) is 5. The van der Waals surface area contributed by atoms with E-state index in [1.165, 1.54) is 14.2 Å². The minimum absolute atomic E-state index is 0.208. The van der Waals surface area contributed by atoms with E-state index in [0.717, 1.165) is 18.5 Å². The molecule has 0 radical (unpaired) electrons. The highest BCUT2D eigenvalue weighted by molar-refractivity contribution is 6.32. The Labute approximate surface area is 124 Å². The van der Waals surface area contributed by atoms with Crippen LogP contribution in [0, 0.1) is 0 Å². The largest absolute Gasteiger partial charge is 0.493 e. The number of carbonyl (C=O) groups excluding carboxylic acids is 1. The van der Waals surface area contributed by atoms with Crippen molar-refractivity contribution in [1.82, 2.24) is 5.32 Å². The molecule has 112 valence electrons. The molecule has 0 aliphatic rings. The number of methoxy groups -OCH3 is 2. The number of benzene rings is 1. The second-order valence-corrected chi connectivity index (χ2v) is 4.56. The first-order valence-electron chi connectivity index (χ1n) is 6.39. The molecule has 0 amide bonds. The highest BCUT2D eigenvalue weighted by Crippen LogP contribution is 2.36. The van der Waals surface area contributed by atoms with Gasteiger partial charge in [0.1, 0.15) is 0 Å². The number of nitrogens with one attached hydrogen (secondary N) is 1. The predicted molar refractivity (Wildman–Crippen MR) is 77.5 cm³/mol. The first-order chi connectivity index (χ1) is 9.62. The predicted octanol–water partition coefficient (Wildman–Crippen LogP) is 2.40. The highest BCUT2D eigenvalue weighted by Gasteiger charge is 2.13. The summed E-state index contributed by atoms with van der Waals surface area (Å²) in [6.45, 7) is 3.52. The number of esters is 1. The van der Waals surface area contributed by atoms with Crippen LogP contribution < -0.4 is 14.8 Å². The molecule has 20 heavy (non-hydrogen) atoms. The molecule has 0 aromatic heterocycles. The summed E-state index contributed by atoms with van der Waals surface area (Å²) < 4.78 is 15.1. The zero-order chi connectivity index (χ0) is 15.0. The maximum Gasteiger partial charge on any atom is 0.343 e. The summed E-state index contributed by atoms with van der Waals surface area (Å²) in [6, 6.07) is 3.63. The fraction of sp³-hybridized carbons (Fsp3) is 0.500. The monoisotopic (exact) mass is 301 g/mol. The third kappa shape index (κ3) is 4.90. The van der Waals surface area contributed by atoms with Crippen LogP contribution in [0.3, 0.4) is 0 Å². The lowest BCUT2D eigenvalue weighted by Crippen LogP contribution is -2.15. The highest BCUT2D eigenvalue weighted by atomic mass is 35.5. The van der Waals surface area contributed by atoms with Gasteiger partial charge < -0.3 is 19.5 Å². The summed E-state index contributed by atoms with van der Waals surface area (Å²) in [7, 11) is 2.83. The van der Waals surface area contributed by atoms with Gasteiger partial charge in [0, 0.05) is 6.54 Å². The molecule has 0 heterocycles. The second-order valence-electron chi connectivity index (χ2n) is 4.15. The summed E-state index contributed by atoms with van der Waals surface area (Å²) in [4.78, 5) is 11.1. The molecule has 0 spiro atoms. The Bertz CT molecular complexity index is 451. The van der Waals surface area contributed by atoms with E-state index in [1.54, 1.807) is 6.07 Å². The minimum atomic E-state index is -0.475. The first kappa shape index (κ1) is 16.6. The first-order valence-corrected chi connectivity index (χ1v) is 6.76. The van der Waals surface area contributed by atoms with Crippen molar-refractivity contribution in [2.75, 3.05) is 27.4 Å². The van der Waals surface area contributed by atoms with Gasteiger partial charge in [-0.15, -0.1) is 0 Å². The van der Waals surface area contributed by atoms with Crippen molar-refractivity contribution in [1.29, 1.82) is 0 Å². The smallest absolute Gasteiger partial charge is 0.343 e. The summed E-state index contributed by atoms with van der Waals surface area (Å²) in [5.41, 5.74) is 0.991. The molecule has 1 N–H and O–H groups in total. The van der Waals surface area contributed by atoms with E-state index < -0.39 is 5.97 Å². The number of halogens is 1. The van der Waals surface area contributed by atoms with Gasteiger partial charge in [-0.2, -0.15) is 0 Å². The van der Waals surface area contributed by atoms with E-state index in [0.29, 0.717) is 23.1 Å². The third-order valence-corrected chi connectivity index (χ3v) is 2.89. The average Bonchev–Trinajstić information content (AvgIpc) is 2.45. The lowest BCUT2D eigenvalue weighted by molar-refractivity contribution is -0.142. The third-order valence-electron chi connectivity index (χ3n) is 2.61. The maximum atomic E-state index is 11.1. The minimum Gasteiger partial charge on any atom is -0.493 e. The molecule has 0 atom stereocenters. The maximum absolute atomic E-state index is 11.1. The van der Waals surface area contributed by atoms with Gasteiger partial charge in [-0.25, -0.2) is 4.79 Å². The molecule has 0 saturated heterocycles. The van der Waals surface area contributed by atoms with Crippen molar-refractivity contribution in [3.8, 4) is 11.5 Å². The molecule has 0 unspecified atom stereocenters. The topological polar surface area (TPSA) is 56.8 Å². The molecule has 1 aromatic carbocycles. The van der Waals surface area contributed by atoms with Gasteiger partial charge in [0.25, 0.3) is 0 Å². The molecule has 0 aliphatic carbocycles. The van der Waals surface area contributed by atoms with E-state index in [2.05, 4.69) is 17.0 Å². The quantitative estimate of drug-likeness (QED) is 0.590. The van der Waals surface area contributed by atoms with E-state index in [-0.39, 0.29) is 6.61 Å². The standard InChI is InChI=1S/C14H20ClNO4/c1-4-5-16-8-10-6-11(15)14(12(7-10)18-2)20-9-13(17)19-3/h6-7,16H,4-5,8-9H2,1-3H3. The lowest BCUT2D eigenvalue weighted by Gasteiger charge is -2.14. The molecule has 0 fully saturated rings. The normalized spacial score (nSPS) is 10.2. The second kappa shape index (κ2) is 8.66. The van der Waals surface area contributed by atoms with Gasteiger partial charge in [0.2, 0.25) is 0 Å². The van der Waals surface area contributed by atoms with Crippen LogP contribution in [0.15, 0.2) is 12.1 Å². The van der Waals surface area contributed by atoms with Crippen molar-refractivity contribution in [2.45, 2.75) is 19.9 Å². The van der Waals surface area contributed by atoms with E-state index in [4.69, 9.17) is 21.1 Å². The van der Waals surface area contributed by atoms with Crippen LogP contribution in [0.25, 0.3) is 0 Å².